The summed E-state index contributed by atoms with van der Waals surface area (Å²) in [4.78, 5) is 15.4. The predicted octanol–water partition coefficient (Wildman–Crippen LogP) is 14.3. The minimum Gasteiger partial charge on any atom is -0.456 e. The van der Waals surface area contributed by atoms with E-state index in [1.54, 1.807) is 0 Å². The van der Waals surface area contributed by atoms with Gasteiger partial charge >= 0.3 is 0 Å². The molecule has 0 atom stereocenters. The molecule has 58 heavy (non-hydrogen) atoms. The fourth-order valence-corrected chi connectivity index (χ4v) is 8.45. The first kappa shape index (κ1) is 32.4. The lowest BCUT2D eigenvalue weighted by atomic mass is 9.97. The number of fused-ring (bicyclic) bond motifs is 8. The van der Waals surface area contributed by atoms with Gasteiger partial charge in [0.15, 0.2) is 17.5 Å². The molecule has 0 fully saturated rings. The zero-order chi connectivity index (χ0) is 38.2. The fourth-order valence-electron chi connectivity index (χ4n) is 8.45. The van der Waals surface area contributed by atoms with E-state index in [-0.39, 0.29) is 0 Å². The molecule has 12 aromatic rings. The third-order valence-corrected chi connectivity index (χ3v) is 11.3. The maximum Gasteiger partial charge on any atom is 0.164 e. The molecule has 3 aromatic heterocycles. The van der Waals surface area contributed by atoms with Gasteiger partial charge in [-0.05, 0) is 80.2 Å². The molecule has 0 aliphatic carbocycles. The molecule has 0 bridgehead atoms. The van der Waals surface area contributed by atoms with Crippen LogP contribution in [0.25, 0.3) is 122 Å². The third-order valence-electron chi connectivity index (χ3n) is 11.3. The van der Waals surface area contributed by atoms with Crippen molar-refractivity contribution >= 4 is 65.4 Å². The van der Waals surface area contributed by atoms with E-state index >= 15 is 0 Å². The van der Waals surface area contributed by atoms with E-state index in [9.17, 15) is 0 Å². The molecule has 5 nitrogen and oxygen atoms in total. The topological polar surface area (TPSA) is 65.0 Å². The van der Waals surface area contributed by atoms with E-state index in [2.05, 4.69) is 146 Å². The molecule has 0 spiro atoms. The Morgan fingerprint density at radius 3 is 1.62 bits per heavy atom. The van der Waals surface area contributed by atoms with E-state index in [0.29, 0.717) is 17.5 Å². The smallest absolute Gasteiger partial charge is 0.164 e. The zero-order valence-electron chi connectivity index (χ0n) is 31.1. The molecule has 0 aliphatic heterocycles. The van der Waals surface area contributed by atoms with E-state index in [1.807, 2.05) is 42.5 Å². The second-order valence-electron chi connectivity index (χ2n) is 14.8. The summed E-state index contributed by atoms with van der Waals surface area (Å²) >= 11 is 0. The molecule has 0 unspecified atom stereocenters. The quantitative estimate of drug-likeness (QED) is 0.176. The van der Waals surface area contributed by atoms with Crippen LogP contribution in [0.5, 0.6) is 0 Å². The summed E-state index contributed by atoms with van der Waals surface area (Å²) < 4.78 is 12.5. The number of aromatic nitrogens is 3. The Kier molecular flexibility index (Phi) is 7.16. The second-order valence-corrected chi connectivity index (χ2v) is 14.8. The van der Waals surface area contributed by atoms with E-state index in [1.165, 1.54) is 21.7 Å². The second kappa shape index (κ2) is 12.8. The highest BCUT2D eigenvalue weighted by Gasteiger charge is 2.18. The summed E-state index contributed by atoms with van der Waals surface area (Å²) in [6.45, 7) is 0. The summed E-state index contributed by atoms with van der Waals surface area (Å²) in [5.41, 5.74) is 10.7. The zero-order valence-corrected chi connectivity index (χ0v) is 31.1. The van der Waals surface area contributed by atoms with Crippen LogP contribution >= 0.6 is 0 Å². The molecule has 5 heteroatoms. The van der Waals surface area contributed by atoms with Crippen LogP contribution in [-0.2, 0) is 0 Å². The van der Waals surface area contributed by atoms with Crippen molar-refractivity contribution in [1.82, 2.24) is 15.0 Å². The number of furan rings is 2. The molecule has 12 rings (SSSR count). The van der Waals surface area contributed by atoms with E-state index in [4.69, 9.17) is 23.8 Å². The van der Waals surface area contributed by atoms with Gasteiger partial charge in [0.25, 0.3) is 0 Å². The van der Waals surface area contributed by atoms with Crippen molar-refractivity contribution in [3.8, 4) is 56.4 Å². The van der Waals surface area contributed by atoms with Crippen LogP contribution in [0.3, 0.4) is 0 Å². The molecule has 0 saturated carbocycles. The van der Waals surface area contributed by atoms with Crippen LogP contribution in [0, 0.1) is 0 Å². The average Bonchev–Trinajstić information content (AvgIpc) is 3.86. The van der Waals surface area contributed by atoms with Gasteiger partial charge in [0, 0.05) is 38.2 Å². The van der Waals surface area contributed by atoms with Gasteiger partial charge in [-0.2, -0.15) is 0 Å². The number of para-hydroxylation sites is 2. The molecule has 3 heterocycles. The number of rotatable bonds is 5. The van der Waals surface area contributed by atoms with Crippen LogP contribution in [0.15, 0.2) is 197 Å². The maximum atomic E-state index is 6.27. The van der Waals surface area contributed by atoms with Gasteiger partial charge in [0.2, 0.25) is 0 Å². The van der Waals surface area contributed by atoms with Crippen molar-refractivity contribution < 1.29 is 8.83 Å². The first-order valence-electron chi connectivity index (χ1n) is 19.4. The predicted molar refractivity (Wildman–Crippen MR) is 237 cm³/mol. The van der Waals surface area contributed by atoms with E-state index < -0.39 is 0 Å². The summed E-state index contributed by atoms with van der Waals surface area (Å²) in [5.74, 6) is 1.79. The monoisotopic (exact) mass is 741 g/mol. The molecule has 9 aromatic carbocycles. The third kappa shape index (κ3) is 5.29. The van der Waals surface area contributed by atoms with Crippen molar-refractivity contribution in [2.75, 3.05) is 0 Å². The minimum absolute atomic E-state index is 0.589. The molecule has 0 amide bonds. The van der Waals surface area contributed by atoms with Gasteiger partial charge in [-0.15, -0.1) is 0 Å². The first-order valence-corrected chi connectivity index (χ1v) is 19.4. The van der Waals surface area contributed by atoms with Gasteiger partial charge in [-0.25, -0.2) is 15.0 Å². The lowest BCUT2D eigenvalue weighted by Gasteiger charge is -2.11. The van der Waals surface area contributed by atoms with Crippen LogP contribution in [0.4, 0.5) is 0 Å². The number of benzene rings is 9. The number of nitrogens with zero attached hydrogens (tertiary/aromatic N) is 3. The van der Waals surface area contributed by atoms with Crippen molar-refractivity contribution in [2.45, 2.75) is 0 Å². The fraction of sp³-hybridized carbons (Fsp3) is 0. The summed E-state index contributed by atoms with van der Waals surface area (Å²) in [5, 5.41) is 9.02. The summed E-state index contributed by atoms with van der Waals surface area (Å²) in [7, 11) is 0. The molecular formula is C53H31N3O2. The normalized spacial score (nSPS) is 11.8. The van der Waals surface area contributed by atoms with Crippen LogP contribution in [0.1, 0.15) is 0 Å². The number of hydrogen-bond acceptors (Lipinski definition) is 5. The molecular weight excluding hydrogens is 711 g/mol. The molecule has 0 aliphatic rings. The van der Waals surface area contributed by atoms with Crippen LogP contribution in [0.2, 0.25) is 0 Å². The van der Waals surface area contributed by atoms with Crippen LogP contribution in [-0.4, -0.2) is 15.0 Å². The Bertz CT molecular complexity index is 3560. The SMILES string of the molecule is c1ccc2c(-c3ccc(-c4nc(-c5ccc(-c6ccc7cc8c(cc7c6)oc6ccccc68)cc5)nc(-c5cccc6oc7ccccc7c56)n4)cc3)cccc2c1. The van der Waals surface area contributed by atoms with Gasteiger partial charge in [0.1, 0.15) is 22.3 Å². The Balaban J connectivity index is 0.962. The largest absolute Gasteiger partial charge is 0.456 e. The Morgan fingerprint density at radius 1 is 0.276 bits per heavy atom. The first-order chi connectivity index (χ1) is 28.7. The minimum atomic E-state index is 0.589. The van der Waals surface area contributed by atoms with E-state index in [0.717, 1.165) is 82.6 Å². The average molecular weight is 742 g/mol. The summed E-state index contributed by atoms with van der Waals surface area (Å²) in [6, 6.07) is 65.3. The van der Waals surface area contributed by atoms with Crippen molar-refractivity contribution in [2.24, 2.45) is 0 Å². The maximum absolute atomic E-state index is 6.27. The standard InChI is InChI=1S/C53H31N3O2/c1-2-11-40-33(9-1)10-7-14-41(40)34-21-25-36(26-22-34)52-54-51(55-53(56-52)44-15-8-18-48-50(44)43-13-4-6-17-47(43)57-48)35-23-19-32(20-24-35)37-27-28-38-30-45-42-12-3-5-16-46(42)58-49(45)31-39(38)29-37/h1-31H. The van der Waals surface area contributed by atoms with Crippen molar-refractivity contribution in [3.63, 3.8) is 0 Å². The number of hydrogen-bond donors (Lipinski definition) is 0. The summed E-state index contributed by atoms with van der Waals surface area (Å²) in [6.07, 6.45) is 0. The van der Waals surface area contributed by atoms with Gasteiger partial charge in [-0.1, -0.05) is 152 Å². The Labute approximate surface area is 332 Å². The van der Waals surface area contributed by atoms with Gasteiger partial charge < -0.3 is 8.83 Å². The van der Waals surface area contributed by atoms with Crippen LogP contribution < -0.4 is 0 Å². The molecule has 270 valence electrons. The highest BCUT2D eigenvalue weighted by atomic mass is 16.3. The Morgan fingerprint density at radius 2 is 0.828 bits per heavy atom. The van der Waals surface area contributed by atoms with Gasteiger partial charge in [-0.3, -0.25) is 0 Å². The van der Waals surface area contributed by atoms with Crippen molar-refractivity contribution in [1.29, 1.82) is 0 Å². The molecule has 0 N–H and O–H groups in total. The van der Waals surface area contributed by atoms with Crippen molar-refractivity contribution in [3.05, 3.63) is 188 Å². The Hall–Kier alpha value is -7.89. The molecule has 0 radical (unpaired) electrons. The lowest BCUT2D eigenvalue weighted by molar-refractivity contribution is 0.669. The molecule has 0 saturated heterocycles. The highest BCUT2D eigenvalue weighted by Crippen LogP contribution is 2.38. The highest BCUT2D eigenvalue weighted by molar-refractivity contribution is 6.12. The van der Waals surface area contributed by atoms with Gasteiger partial charge in [0.05, 0.1) is 0 Å². The lowest BCUT2D eigenvalue weighted by Crippen LogP contribution is -2.00.